The molecule has 0 saturated carbocycles. The molecule has 3 rings (SSSR count). The number of anilines is 1. The molecule has 2 aliphatic rings. The van der Waals surface area contributed by atoms with Gasteiger partial charge in [0.05, 0.1) is 5.60 Å². The quantitative estimate of drug-likeness (QED) is 0.925. The highest BCUT2D eigenvalue weighted by atomic mass is 16.5. The summed E-state index contributed by atoms with van der Waals surface area (Å²) in [5, 5.41) is 3.72. The molecule has 116 valence electrons. The fourth-order valence-corrected chi connectivity index (χ4v) is 3.62. The van der Waals surface area contributed by atoms with E-state index in [4.69, 9.17) is 4.74 Å². The molecule has 1 N–H and O–H groups in total. The SMILES string of the molecule is CN1CCCc2cc(CNC3CCOC(C)(C)C3)ccc21. The van der Waals surface area contributed by atoms with Gasteiger partial charge in [-0.05, 0) is 56.7 Å². The van der Waals surface area contributed by atoms with Crippen LogP contribution in [0.5, 0.6) is 0 Å². The molecule has 1 atom stereocenters. The van der Waals surface area contributed by atoms with Gasteiger partial charge in [-0.1, -0.05) is 12.1 Å². The van der Waals surface area contributed by atoms with Gasteiger partial charge in [0, 0.05) is 38.5 Å². The summed E-state index contributed by atoms with van der Waals surface area (Å²) in [6.45, 7) is 7.41. The molecule has 3 heteroatoms. The summed E-state index contributed by atoms with van der Waals surface area (Å²) in [7, 11) is 2.19. The van der Waals surface area contributed by atoms with Gasteiger partial charge in [-0.15, -0.1) is 0 Å². The number of nitrogens with zero attached hydrogens (tertiary/aromatic N) is 1. The van der Waals surface area contributed by atoms with Crippen LogP contribution in [0.2, 0.25) is 0 Å². The van der Waals surface area contributed by atoms with Gasteiger partial charge in [-0.25, -0.2) is 0 Å². The Bertz CT molecular complexity index is 498. The summed E-state index contributed by atoms with van der Waals surface area (Å²) in [4.78, 5) is 2.37. The third kappa shape index (κ3) is 3.58. The highest BCUT2D eigenvalue weighted by molar-refractivity contribution is 5.56. The minimum atomic E-state index is 0.0223. The molecule has 1 saturated heterocycles. The fraction of sp³-hybridized carbons (Fsp3) is 0.667. The van der Waals surface area contributed by atoms with Crippen molar-refractivity contribution in [3.63, 3.8) is 0 Å². The summed E-state index contributed by atoms with van der Waals surface area (Å²) in [5.74, 6) is 0. The average Bonchev–Trinajstić information content (AvgIpc) is 2.44. The van der Waals surface area contributed by atoms with Crippen LogP contribution in [0.15, 0.2) is 18.2 Å². The van der Waals surface area contributed by atoms with E-state index >= 15 is 0 Å². The van der Waals surface area contributed by atoms with Crippen LogP contribution in [0.4, 0.5) is 5.69 Å². The van der Waals surface area contributed by atoms with Gasteiger partial charge in [0.15, 0.2) is 0 Å². The number of hydrogen-bond acceptors (Lipinski definition) is 3. The van der Waals surface area contributed by atoms with Gasteiger partial charge in [0.2, 0.25) is 0 Å². The second kappa shape index (κ2) is 5.98. The first kappa shape index (κ1) is 14.9. The molecule has 21 heavy (non-hydrogen) atoms. The zero-order valence-corrected chi connectivity index (χ0v) is 13.6. The Morgan fingerprint density at radius 1 is 1.38 bits per heavy atom. The number of benzene rings is 1. The Balaban J connectivity index is 1.61. The molecule has 0 amide bonds. The molecule has 0 bridgehead atoms. The van der Waals surface area contributed by atoms with E-state index in [-0.39, 0.29) is 5.60 Å². The zero-order valence-electron chi connectivity index (χ0n) is 13.6. The number of ether oxygens (including phenoxy) is 1. The van der Waals surface area contributed by atoms with E-state index < -0.39 is 0 Å². The Labute approximate surface area is 128 Å². The van der Waals surface area contributed by atoms with Gasteiger partial charge in [0.1, 0.15) is 0 Å². The van der Waals surface area contributed by atoms with Gasteiger partial charge >= 0.3 is 0 Å². The molecule has 0 aromatic heterocycles. The standard InChI is InChI=1S/C18H28N2O/c1-18(2)12-16(8-10-21-18)19-13-14-6-7-17-15(11-14)5-4-9-20(17)3/h6-7,11,16,19H,4-5,8-10,12-13H2,1-3H3. The fourth-order valence-electron chi connectivity index (χ4n) is 3.62. The maximum atomic E-state index is 5.79. The predicted octanol–water partition coefficient (Wildman–Crippen LogP) is 3.12. The maximum Gasteiger partial charge on any atom is 0.0641 e. The second-order valence-corrected chi connectivity index (χ2v) is 7.17. The van der Waals surface area contributed by atoms with Crippen LogP contribution >= 0.6 is 0 Å². The van der Waals surface area contributed by atoms with E-state index in [1.165, 1.54) is 36.2 Å². The van der Waals surface area contributed by atoms with Crippen LogP contribution in [-0.2, 0) is 17.7 Å². The van der Waals surface area contributed by atoms with Crippen LogP contribution in [0, 0.1) is 0 Å². The van der Waals surface area contributed by atoms with Gasteiger partial charge < -0.3 is 15.0 Å². The van der Waals surface area contributed by atoms with Gasteiger partial charge in [-0.3, -0.25) is 0 Å². The molecule has 1 unspecified atom stereocenters. The number of fused-ring (bicyclic) bond motifs is 1. The lowest BCUT2D eigenvalue weighted by atomic mass is 9.93. The average molecular weight is 288 g/mol. The second-order valence-electron chi connectivity index (χ2n) is 7.17. The molecule has 1 fully saturated rings. The van der Waals surface area contributed by atoms with E-state index in [9.17, 15) is 0 Å². The van der Waals surface area contributed by atoms with Crippen molar-refractivity contribution in [3.8, 4) is 0 Å². The third-order valence-corrected chi connectivity index (χ3v) is 4.79. The summed E-state index contributed by atoms with van der Waals surface area (Å²) >= 11 is 0. The largest absolute Gasteiger partial charge is 0.375 e. The smallest absolute Gasteiger partial charge is 0.0641 e. The minimum absolute atomic E-state index is 0.0223. The van der Waals surface area contributed by atoms with Crippen LogP contribution in [0.1, 0.15) is 44.2 Å². The Morgan fingerprint density at radius 3 is 3.05 bits per heavy atom. The lowest BCUT2D eigenvalue weighted by Crippen LogP contribution is -2.43. The number of rotatable bonds is 3. The van der Waals surface area contributed by atoms with Crippen molar-refractivity contribution in [1.29, 1.82) is 0 Å². The summed E-state index contributed by atoms with van der Waals surface area (Å²) in [6, 6.07) is 7.53. The third-order valence-electron chi connectivity index (χ3n) is 4.79. The van der Waals surface area contributed by atoms with Crippen molar-refractivity contribution in [2.75, 3.05) is 25.1 Å². The lowest BCUT2D eigenvalue weighted by molar-refractivity contribution is -0.0630. The molecular weight excluding hydrogens is 260 g/mol. The topological polar surface area (TPSA) is 24.5 Å². The molecule has 0 aliphatic carbocycles. The van der Waals surface area contributed by atoms with Crippen molar-refractivity contribution < 1.29 is 4.74 Å². The highest BCUT2D eigenvalue weighted by Gasteiger charge is 2.28. The zero-order chi connectivity index (χ0) is 14.9. The van der Waals surface area contributed by atoms with Crippen LogP contribution in [0.25, 0.3) is 0 Å². The van der Waals surface area contributed by atoms with E-state index in [1.807, 2.05) is 0 Å². The van der Waals surface area contributed by atoms with Crippen LogP contribution in [0.3, 0.4) is 0 Å². The Kier molecular flexibility index (Phi) is 4.23. The van der Waals surface area contributed by atoms with Gasteiger partial charge in [0.25, 0.3) is 0 Å². The Hall–Kier alpha value is -1.06. The van der Waals surface area contributed by atoms with Crippen molar-refractivity contribution in [3.05, 3.63) is 29.3 Å². The molecule has 0 spiro atoms. The predicted molar refractivity (Wildman–Crippen MR) is 87.9 cm³/mol. The first-order valence-corrected chi connectivity index (χ1v) is 8.24. The summed E-state index contributed by atoms with van der Waals surface area (Å²) in [6.07, 6.45) is 4.71. The van der Waals surface area contributed by atoms with E-state index in [0.29, 0.717) is 6.04 Å². The summed E-state index contributed by atoms with van der Waals surface area (Å²) < 4.78 is 5.79. The first-order valence-electron chi connectivity index (χ1n) is 8.24. The van der Waals surface area contributed by atoms with E-state index in [0.717, 1.165) is 26.0 Å². The maximum absolute atomic E-state index is 5.79. The van der Waals surface area contributed by atoms with Crippen molar-refractivity contribution in [2.45, 2.75) is 57.7 Å². The normalized spacial score (nSPS) is 24.7. The van der Waals surface area contributed by atoms with E-state index in [2.05, 4.69) is 49.3 Å². The van der Waals surface area contributed by atoms with Crippen LogP contribution < -0.4 is 10.2 Å². The number of nitrogens with one attached hydrogen (secondary N) is 1. The summed E-state index contributed by atoms with van der Waals surface area (Å²) in [5.41, 5.74) is 4.36. The number of hydrogen-bond donors (Lipinski definition) is 1. The molecule has 2 heterocycles. The minimum Gasteiger partial charge on any atom is -0.375 e. The highest BCUT2D eigenvalue weighted by Crippen LogP contribution is 2.27. The molecule has 0 radical (unpaired) electrons. The number of aryl methyl sites for hydroxylation is 1. The van der Waals surface area contributed by atoms with E-state index in [1.54, 1.807) is 0 Å². The van der Waals surface area contributed by atoms with Crippen molar-refractivity contribution >= 4 is 5.69 Å². The molecule has 2 aliphatic heterocycles. The monoisotopic (exact) mass is 288 g/mol. The van der Waals surface area contributed by atoms with Crippen molar-refractivity contribution in [1.82, 2.24) is 5.32 Å². The Morgan fingerprint density at radius 2 is 2.24 bits per heavy atom. The van der Waals surface area contributed by atoms with Crippen LogP contribution in [-0.4, -0.2) is 31.8 Å². The van der Waals surface area contributed by atoms with Gasteiger partial charge in [-0.2, -0.15) is 0 Å². The first-order chi connectivity index (χ1) is 10.0. The lowest BCUT2D eigenvalue weighted by Gasteiger charge is -2.36. The molecular formula is C18H28N2O. The molecule has 1 aromatic rings. The molecule has 1 aromatic carbocycles. The van der Waals surface area contributed by atoms with Crippen molar-refractivity contribution in [2.24, 2.45) is 0 Å². The molecule has 3 nitrogen and oxygen atoms in total.